The second kappa shape index (κ2) is 7.92. The van der Waals surface area contributed by atoms with E-state index < -0.39 is 16.1 Å². The highest BCUT2D eigenvalue weighted by Crippen LogP contribution is 2.33. The lowest BCUT2D eigenvalue weighted by molar-refractivity contribution is 0.174. The van der Waals surface area contributed by atoms with Crippen LogP contribution in [-0.4, -0.2) is 54.2 Å². The van der Waals surface area contributed by atoms with Crippen LogP contribution in [0.5, 0.6) is 11.5 Å². The largest absolute Gasteiger partial charge is 0.454 e. The van der Waals surface area contributed by atoms with E-state index in [1.807, 2.05) is 26.0 Å². The summed E-state index contributed by atoms with van der Waals surface area (Å²) in [5.41, 5.74) is 1.17. The van der Waals surface area contributed by atoms with E-state index in [0.29, 0.717) is 5.82 Å². The number of fused-ring (bicyclic) bond motifs is 2. The Morgan fingerprint density at radius 1 is 1.14 bits per heavy atom. The predicted octanol–water partition coefficient (Wildman–Crippen LogP) is 1.31. The van der Waals surface area contributed by atoms with E-state index in [1.165, 1.54) is 11.8 Å². The van der Waals surface area contributed by atoms with Gasteiger partial charge in [0, 0.05) is 32.6 Å². The minimum absolute atomic E-state index is 0.0611. The number of ether oxygens (including phenoxy) is 2. The molecule has 1 unspecified atom stereocenters. The van der Waals surface area contributed by atoms with Gasteiger partial charge in [-0.2, -0.15) is 0 Å². The Labute approximate surface area is 171 Å². The molecule has 0 saturated carbocycles. The van der Waals surface area contributed by atoms with Crippen LogP contribution in [0, 0.1) is 5.92 Å². The molecule has 1 aromatic heterocycles. The van der Waals surface area contributed by atoms with E-state index in [1.54, 1.807) is 0 Å². The Kier molecular flexibility index (Phi) is 5.50. The molecule has 0 fully saturated rings. The van der Waals surface area contributed by atoms with Gasteiger partial charge in [-0.05, 0) is 23.6 Å². The number of benzene rings is 1. The predicted molar refractivity (Wildman–Crippen MR) is 107 cm³/mol. The topological polar surface area (TPSA) is 98.6 Å². The fraction of sp³-hybridized carbons (Fsp3) is 0.579. The average molecular weight is 422 g/mol. The summed E-state index contributed by atoms with van der Waals surface area (Å²) in [5, 5.41) is 8.68. The van der Waals surface area contributed by atoms with Crippen LogP contribution in [0.4, 0.5) is 0 Å². The van der Waals surface area contributed by atoms with Gasteiger partial charge in [-0.3, -0.25) is 4.90 Å². The highest BCUT2D eigenvalue weighted by molar-refractivity contribution is 7.88. The first kappa shape index (κ1) is 20.1. The lowest BCUT2D eigenvalue weighted by Gasteiger charge is -2.22. The SMILES string of the molecule is CC(C)C(NS(C)(=O)=O)c1nnc2n1CCN(Cc1ccc3c(c1)OCO3)CC2. The molecule has 1 N–H and O–H groups in total. The first-order chi connectivity index (χ1) is 13.8. The molecule has 0 bridgehead atoms. The van der Waals surface area contributed by atoms with Crippen molar-refractivity contribution in [2.45, 2.75) is 39.4 Å². The van der Waals surface area contributed by atoms with Crippen LogP contribution in [0.15, 0.2) is 18.2 Å². The van der Waals surface area contributed by atoms with Crippen LogP contribution in [-0.2, 0) is 29.5 Å². The van der Waals surface area contributed by atoms with Gasteiger partial charge in [0.15, 0.2) is 17.3 Å². The van der Waals surface area contributed by atoms with Crippen molar-refractivity contribution < 1.29 is 17.9 Å². The van der Waals surface area contributed by atoms with Gasteiger partial charge in [0.2, 0.25) is 16.8 Å². The molecule has 1 aromatic carbocycles. The van der Waals surface area contributed by atoms with Crippen LogP contribution in [0.3, 0.4) is 0 Å². The van der Waals surface area contributed by atoms with Crippen LogP contribution in [0.1, 0.15) is 37.1 Å². The lowest BCUT2D eigenvalue weighted by Crippen LogP contribution is -2.33. The van der Waals surface area contributed by atoms with Gasteiger partial charge >= 0.3 is 0 Å². The van der Waals surface area contributed by atoms with Gasteiger partial charge in [0.1, 0.15) is 5.82 Å². The summed E-state index contributed by atoms with van der Waals surface area (Å²) in [5.74, 6) is 3.23. The second-order valence-electron chi connectivity index (χ2n) is 7.95. The van der Waals surface area contributed by atoms with E-state index in [0.717, 1.165) is 49.9 Å². The zero-order chi connectivity index (χ0) is 20.6. The molecule has 0 radical (unpaired) electrons. The summed E-state index contributed by atoms with van der Waals surface area (Å²) in [6, 6.07) is 5.65. The average Bonchev–Trinajstić information content (AvgIpc) is 3.22. The van der Waals surface area contributed by atoms with E-state index in [9.17, 15) is 8.42 Å². The fourth-order valence-electron chi connectivity index (χ4n) is 3.79. The van der Waals surface area contributed by atoms with Crippen molar-refractivity contribution in [3.05, 3.63) is 35.4 Å². The van der Waals surface area contributed by atoms with E-state index in [4.69, 9.17) is 9.47 Å². The van der Waals surface area contributed by atoms with Crippen LogP contribution < -0.4 is 14.2 Å². The van der Waals surface area contributed by atoms with Crippen LogP contribution in [0.2, 0.25) is 0 Å². The zero-order valence-corrected chi connectivity index (χ0v) is 17.8. The zero-order valence-electron chi connectivity index (χ0n) is 17.0. The molecule has 4 rings (SSSR count). The molecule has 9 nitrogen and oxygen atoms in total. The molecule has 3 heterocycles. The summed E-state index contributed by atoms with van der Waals surface area (Å²) in [4.78, 5) is 2.37. The molecule has 0 saturated heterocycles. The third-order valence-corrected chi connectivity index (χ3v) is 5.96. The van der Waals surface area contributed by atoms with E-state index in [2.05, 4.69) is 30.5 Å². The first-order valence-corrected chi connectivity index (χ1v) is 11.7. The normalized spacial score (nSPS) is 17.9. The van der Waals surface area contributed by atoms with Crippen molar-refractivity contribution in [1.82, 2.24) is 24.4 Å². The van der Waals surface area contributed by atoms with Gasteiger partial charge in [-0.1, -0.05) is 19.9 Å². The number of hydrogen-bond acceptors (Lipinski definition) is 7. The summed E-state index contributed by atoms with van der Waals surface area (Å²) in [6.45, 7) is 7.45. The fourth-order valence-corrected chi connectivity index (χ4v) is 4.63. The van der Waals surface area contributed by atoms with Gasteiger partial charge in [-0.15, -0.1) is 10.2 Å². The Hall–Kier alpha value is -2.17. The molecule has 158 valence electrons. The van der Waals surface area contributed by atoms with E-state index in [-0.39, 0.29) is 12.7 Å². The molecule has 10 heteroatoms. The smallest absolute Gasteiger partial charge is 0.231 e. The van der Waals surface area contributed by atoms with Crippen LogP contribution >= 0.6 is 0 Å². The molecule has 0 amide bonds. The number of hydrogen-bond donors (Lipinski definition) is 1. The summed E-state index contributed by atoms with van der Waals surface area (Å²) in [6.07, 6.45) is 1.94. The lowest BCUT2D eigenvalue weighted by atomic mass is 10.1. The van der Waals surface area contributed by atoms with Crippen molar-refractivity contribution in [2.24, 2.45) is 5.92 Å². The Balaban J connectivity index is 1.48. The molecule has 1 atom stereocenters. The summed E-state index contributed by atoms with van der Waals surface area (Å²) < 4.78 is 39.3. The highest BCUT2D eigenvalue weighted by atomic mass is 32.2. The maximum Gasteiger partial charge on any atom is 0.231 e. The quantitative estimate of drug-likeness (QED) is 0.751. The maximum atomic E-state index is 11.8. The second-order valence-corrected chi connectivity index (χ2v) is 9.73. The number of nitrogens with one attached hydrogen (secondary N) is 1. The molecule has 29 heavy (non-hydrogen) atoms. The third-order valence-electron chi connectivity index (χ3n) is 5.28. The third kappa shape index (κ3) is 4.54. The van der Waals surface area contributed by atoms with Crippen LogP contribution in [0.25, 0.3) is 0 Å². The first-order valence-electron chi connectivity index (χ1n) is 9.80. The Morgan fingerprint density at radius 2 is 1.93 bits per heavy atom. The number of rotatable bonds is 6. The monoisotopic (exact) mass is 421 g/mol. The van der Waals surface area contributed by atoms with Crippen molar-refractivity contribution in [3.8, 4) is 11.5 Å². The minimum Gasteiger partial charge on any atom is -0.454 e. The van der Waals surface area contributed by atoms with Crippen molar-refractivity contribution in [2.75, 3.05) is 26.1 Å². The molecular weight excluding hydrogens is 394 g/mol. The number of aromatic nitrogens is 3. The maximum absolute atomic E-state index is 11.8. The molecule has 0 spiro atoms. The van der Waals surface area contributed by atoms with Gasteiger partial charge in [0.05, 0.1) is 12.3 Å². The molecule has 2 aliphatic rings. The van der Waals surface area contributed by atoms with Gasteiger partial charge in [-0.25, -0.2) is 13.1 Å². The van der Waals surface area contributed by atoms with Gasteiger partial charge < -0.3 is 14.0 Å². The summed E-state index contributed by atoms with van der Waals surface area (Å²) in [7, 11) is -3.35. The van der Waals surface area contributed by atoms with E-state index >= 15 is 0 Å². The van der Waals surface area contributed by atoms with Crippen molar-refractivity contribution in [3.63, 3.8) is 0 Å². The molecule has 2 aliphatic heterocycles. The number of nitrogens with zero attached hydrogens (tertiary/aromatic N) is 4. The number of sulfonamides is 1. The molecule has 2 aromatic rings. The van der Waals surface area contributed by atoms with Gasteiger partial charge in [0.25, 0.3) is 0 Å². The van der Waals surface area contributed by atoms with Crippen molar-refractivity contribution >= 4 is 10.0 Å². The standard InChI is InChI=1S/C19H27N5O4S/c1-13(2)18(22-29(3,25)26)19-21-20-17-6-7-23(8-9-24(17)19)11-14-4-5-15-16(10-14)28-12-27-15/h4-5,10,13,18,22H,6-9,11-12H2,1-3H3. The van der Waals surface area contributed by atoms with Crippen molar-refractivity contribution in [1.29, 1.82) is 0 Å². The molecule has 0 aliphatic carbocycles. The summed E-state index contributed by atoms with van der Waals surface area (Å²) >= 11 is 0. The highest BCUT2D eigenvalue weighted by Gasteiger charge is 2.28. The minimum atomic E-state index is -3.35. The Bertz CT molecular complexity index is 988. The Morgan fingerprint density at radius 3 is 2.69 bits per heavy atom. The molecular formula is C19H27N5O4S.